The largest absolute Gasteiger partial charge is 0.334 e. The molecule has 0 aliphatic heterocycles. The fourth-order valence-electron chi connectivity index (χ4n) is 2.69. The second-order valence-electron chi connectivity index (χ2n) is 6.10. The SMILES string of the molecule is Cc1cccc(N/N=C(\c2ccccc2)c2noc(-c3ccccc3)n2)c1. The highest BCUT2D eigenvalue weighted by molar-refractivity contribution is 6.10. The fraction of sp³-hybridized carbons (Fsp3) is 0.0455. The monoisotopic (exact) mass is 354 g/mol. The summed E-state index contributed by atoms with van der Waals surface area (Å²) in [5.74, 6) is 0.894. The Morgan fingerprint density at radius 3 is 2.37 bits per heavy atom. The Balaban J connectivity index is 1.71. The first-order valence-corrected chi connectivity index (χ1v) is 8.65. The second-order valence-corrected chi connectivity index (χ2v) is 6.10. The minimum atomic E-state index is 0.431. The van der Waals surface area contributed by atoms with Crippen molar-refractivity contribution in [1.82, 2.24) is 10.1 Å². The van der Waals surface area contributed by atoms with Gasteiger partial charge in [0, 0.05) is 11.1 Å². The molecule has 0 radical (unpaired) electrons. The molecule has 0 amide bonds. The minimum absolute atomic E-state index is 0.431. The van der Waals surface area contributed by atoms with Gasteiger partial charge in [0.2, 0.25) is 5.82 Å². The summed E-state index contributed by atoms with van der Waals surface area (Å²) in [6.07, 6.45) is 0. The van der Waals surface area contributed by atoms with Crippen LogP contribution >= 0.6 is 0 Å². The van der Waals surface area contributed by atoms with Gasteiger partial charge in [-0.3, -0.25) is 5.43 Å². The molecule has 4 rings (SSSR count). The summed E-state index contributed by atoms with van der Waals surface area (Å²) >= 11 is 0. The molecule has 0 fully saturated rings. The molecule has 27 heavy (non-hydrogen) atoms. The normalized spacial score (nSPS) is 11.4. The lowest BCUT2D eigenvalue weighted by Crippen LogP contribution is -2.08. The average molecular weight is 354 g/mol. The predicted octanol–water partition coefficient (Wildman–Crippen LogP) is 4.91. The van der Waals surface area contributed by atoms with Gasteiger partial charge >= 0.3 is 0 Å². The Morgan fingerprint density at radius 1 is 0.889 bits per heavy atom. The Labute approximate surface area is 157 Å². The molecular weight excluding hydrogens is 336 g/mol. The van der Waals surface area contributed by atoms with Crippen molar-refractivity contribution in [2.75, 3.05) is 5.43 Å². The first-order chi connectivity index (χ1) is 13.3. The number of nitrogens with zero attached hydrogens (tertiary/aromatic N) is 3. The molecule has 1 heterocycles. The number of aromatic nitrogens is 2. The molecule has 0 bridgehead atoms. The number of anilines is 1. The van der Waals surface area contributed by atoms with Gasteiger partial charge in [-0.1, -0.05) is 65.8 Å². The molecule has 0 unspecified atom stereocenters. The smallest absolute Gasteiger partial charge is 0.258 e. The number of hydrogen-bond donors (Lipinski definition) is 1. The van der Waals surface area contributed by atoms with Gasteiger partial charge in [0.15, 0.2) is 0 Å². The molecule has 0 saturated carbocycles. The molecule has 132 valence electrons. The molecule has 1 N–H and O–H groups in total. The van der Waals surface area contributed by atoms with Crippen LogP contribution in [0.25, 0.3) is 11.5 Å². The molecule has 5 heteroatoms. The predicted molar refractivity (Wildman–Crippen MR) is 107 cm³/mol. The Morgan fingerprint density at radius 2 is 1.63 bits per heavy atom. The molecular formula is C22H18N4O. The van der Waals surface area contributed by atoms with Crippen molar-refractivity contribution < 1.29 is 4.52 Å². The van der Waals surface area contributed by atoms with Crippen LogP contribution in [0.3, 0.4) is 0 Å². The van der Waals surface area contributed by atoms with Crippen molar-refractivity contribution in [2.24, 2.45) is 5.10 Å². The molecule has 1 aromatic heterocycles. The molecule has 0 atom stereocenters. The van der Waals surface area contributed by atoms with E-state index in [1.807, 2.05) is 91.9 Å². The molecule has 3 aromatic carbocycles. The van der Waals surface area contributed by atoms with Crippen LogP contribution < -0.4 is 5.43 Å². The zero-order chi connectivity index (χ0) is 18.5. The van der Waals surface area contributed by atoms with Crippen LogP contribution in [0.5, 0.6) is 0 Å². The van der Waals surface area contributed by atoms with E-state index in [4.69, 9.17) is 4.52 Å². The maximum Gasteiger partial charge on any atom is 0.258 e. The number of rotatable bonds is 5. The molecule has 5 nitrogen and oxygen atoms in total. The van der Waals surface area contributed by atoms with E-state index in [1.165, 1.54) is 0 Å². The first-order valence-electron chi connectivity index (χ1n) is 8.65. The van der Waals surface area contributed by atoms with Gasteiger partial charge in [-0.05, 0) is 36.8 Å². The van der Waals surface area contributed by atoms with E-state index in [9.17, 15) is 0 Å². The Kier molecular flexibility index (Phi) is 4.74. The van der Waals surface area contributed by atoms with E-state index >= 15 is 0 Å². The van der Waals surface area contributed by atoms with Gasteiger partial charge < -0.3 is 4.52 Å². The molecule has 0 aliphatic rings. The number of hydrogen-bond acceptors (Lipinski definition) is 5. The van der Waals surface area contributed by atoms with Crippen molar-refractivity contribution in [1.29, 1.82) is 0 Å². The third kappa shape index (κ3) is 3.93. The topological polar surface area (TPSA) is 63.3 Å². The maximum atomic E-state index is 5.45. The lowest BCUT2D eigenvalue weighted by molar-refractivity contribution is 0.429. The average Bonchev–Trinajstić information content (AvgIpc) is 3.20. The second kappa shape index (κ2) is 7.66. The first kappa shape index (κ1) is 16.7. The number of hydrazone groups is 1. The van der Waals surface area contributed by atoms with Crippen LogP contribution in [-0.2, 0) is 0 Å². The van der Waals surface area contributed by atoms with Crippen LogP contribution in [0.4, 0.5) is 5.69 Å². The van der Waals surface area contributed by atoms with Crippen LogP contribution in [0.2, 0.25) is 0 Å². The van der Waals surface area contributed by atoms with Gasteiger partial charge in [0.25, 0.3) is 5.89 Å². The molecule has 0 spiro atoms. The van der Waals surface area contributed by atoms with Gasteiger partial charge in [-0.15, -0.1) is 0 Å². The summed E-state index contributed by atoms with van der Waals surface area (Å²) in [5.41, 5.74) is 7.54. The molecule has 0 saturated heterocycles. The van der Waals surface area contributed by atoms with E-state index < -0.39 is 0 Å². The van der Waals surface area contributed by atoms with Crippen molar-refractivity contribution in [3.05, 3.63) is 102 Å². The highest BCUT2D eigenvalue weighted by Gasteiger charge is 2.16. The van der Waals surface area contributed by atoms with Gasteiger partial charge in [0.1, 0.15) is 5.71 Å². The summed E-state index contributed by atoms with van der Waals surface area (Å²) in [6, 6.07) is 27.5. The molecule has 0 aliphatic carbocycles. The van der Waals surface area contributed by atoms with E-state index in [2.05, 4.69) is 20.7 Å². The lowest BCUT2D eigenvalue weighted by Gasteiger charge is -2.05. The maximum absolute atomic E-state index is 5.45. The fourth-order valence-corrected chi connectivity index (χ4v) is 2.69. The van der Waals surface area contributed by atoms with E-state index in [-0.39, 0.29) is 0 Å². The van der Waals surface area contributed by atoms with Crippen molar-refractivity contribution in [3.8, 4) is 11.5 Å². The Hall–Kier alpha value is -3.73. The number of nitrogens with one attached hydrogen (secondary N) is 1. The zero-order valence-electron chi connectivity index (χ0n) is 14.8. The van der Waals surface area contributed by atoms with Crippen LogP contribution in [0.1, 0.15) is 17.0 Å². The van der Waals surface area contributed by atoms with Gasteiger partial charge in [0.05, 0.1) is 5.69 Å². The van der Waals surface area contributed by atoms with Gasteiger partial charge in [-0.2, -0.15) is 10.1 Å². The highest BCUT2D eigenvalue weighted by Crippen LogP contribution is 2.18. The summed E-state index contributed by atoms with van der Waals surface area (Å²) in [6.45, 7) is 2.04. The standard InChI is InChI=1S/C22H18N4O/c1-16-9-8-14-19(15-16)24-25-20(17-10-4-2-5-11-17)21-23-22(27-26-21)18-12-6-3-7-13-18/h2-15,24H,1H3/b25-20+. The lowest BCUT2D eigenvalue weighted by atomic mass is 10.1. The number of aryl methyl sites for hydroxylation is 1. The third-order valence-electron chi connectivity index (χ3n) is 4.02. The quantitative estimate of drug-likeness (QED) is 0.408. The van der Waals surface area contributed by atoms with Crippen molar-refractivity contribution in [2.45, 2.75) is 6.92 Å². The molecule has 4 aromatic rings. The summed E-state index contributed by atoms with van der Waals surface area (Å²) in [4.78, 5) is 4.54. The van der Waals surface area contributed by atoms with E-state index in [0.29, 0.717) is 17.4 Å². The summed E-state index contributed by atoms with van der Waals surface area (Å²) in [7, 11) is 0. The minimum Gasteiger partial charge on any atom is -0.334 e. The van der Waals surface area contributed by atoms with E-state index in [0.717, 1.165) is 22.4 Å². The van der Waals surface area contributed by atoms with E-state index in [1.54, 1.807) is 0 Å². The third-order valence-corrected chi connectivity index (χ3v) is 4.02. The van der Waals surface area contributed by atoms with Gasteiger partial charge in [-0.25, -0.2) is 0 Å². The van der Waals surface area contributed by atoms with Crippen molar-refractivity contribution >= 4 is 11.4 Å². The zero-order valence-corrected chi connectivity index (χ0v) is 14.8. The van der Waals surface area contributed by atoms with Crippen LogP contribution in [0.15, 0.2) is 94.6 Å². The van der Waals surface area contributed by atoms with Crippen LogP contribution in [0, 0.1) is 6.92 Å². The van der Waals surface area contributed by atoms with Crippen molar-refractivity contribution in [3.63, 3.8) is 0 Å². The van der Waals surface area contributed by atoms with Crippen LogP contribution in [-0.4, -0.2) is 15.9 Å². The summed E-state index contributed by atoms with van der Waals surface area (Å²) in [5, 5.41) is 8.71. The summed E-state index contributed by atoms with van der Waals surface area (Å²) < 4.78 is 5.45. The Bertz CT molecular complexity index is 1060. The highest BCUT2D eigenvalue weighted by atomic mass is 16.5. The number of benzene rings is 3.